The van der Waals surface area contributed by atoms with Gasteiger partial charge in [0.2, 0.25) is 5.78 Å². The molecule has 0 radical (unpaired) electrons. The van der Waals surface area contributed by atoms with Crippen LogP contribution in [0.2, 0.25) is 0 Å². The van der Waals surface area contributed by atoms with Gasteiger partial charge < -0.3 is 14.2 Å². The van der Waals surface area contributed by atoms with E-state index in [-0.39, 0.29) is 16.9 Å². The fourth-order valence-electron chi connectivity index (χ4n) is 3.25. The van der Waals surface area contributed by atoms with Gasteiger partial charge >= 0.3 is 11.9 Å². The highest BCUT2D eigenvalue weighted by atomic mass is 16.6. The van der Waals surface area contributed by atoms with Gasteiger partial charge in [-0.1, -0.05) is 42.5 Å². The Hall–Kier alpha value is -3.41. The van der Waals surface area contributed by atoms with E-state index >= 15 is 0 Å². The molecular weight excluding hydrogens is 348 g/mol. The maximum atomic E-state index is 13.5. The van der Waals surface area contributed by atoms with Crippen LogP contribution in [-0.4, -0.2) is 37.5 Å². The molecule has 0 fully saturated rings. The first-order chi connectivity index (χ1) is 13.0. The molecule has 0 saturated heterocycles. The summed E-state index contributed by atoms with van der Waals surface area (Å²) >= 11 is 0. The van der Waals surface area contributed by atoms with Crippen LogP contribution in [0.25, 0.3) is 11.6 Å². The van der Waals surface area contributed by atoms with Crippen LogP contribution >= 0.6 is 0 Å². The maximum Gasteiger partial charge on any atom is 0.363 e. The van der Waals surface area contributed by atoms with E-state index in [1.54, 1.807) is 54.6 Å². The number of rotatable bonds is 4. The standard InChI is InChI=1S/C21H18O6/c1-13(22)27-21(20(24)26-3)16(14-8-5-4-6-9-14)12-15-10-7-11-17(25-2)18(15)19(21)23/h4-12H,1-3H3. The van der Waals surface area contributed by atoms with Gasteiger partial charge in [0, 0.05) is 12.5 Å². The summed E-state index contributed by atoms with van der Waals surface area (Å²) in [6, 6.07) is 13.9. The van der Waals surface area contributed by atoms with Gasteiger partial charge in [0.15, 0.2) is 0 Å². The lowest BCUT2D eigenvalue weighted by atomic mass is 9.75. The molecule has 0 N–H and O–H groups in total. The minimum Gasteiger partial charge on any atom is -0.496 e. The first-order valence-electron chi connectivity index (χ1n) is 8.23. The summed E-state index contributed by atoms with van der Waals surface area (Å²) in [5.41, 5.74) is -0.734. The molecule has 1 atom stereocenters. The van der Waals surface area contributed by atoms with Crippen molar-refractivity contribution in [3.8, 4) is 5.75 Å². The van der Waals surface area contributed by atoms with E-state index in [9.17, 15) is 14.4 Å². The third-order valence-electron chi connectivity index (χ3n) is 4.36. The van der Waals surface area contributed by atoms with Crippen LogP contribution in [0.1, 0.15) is 28.4 Å². The van der Waals surface area contributed by atoms with Crippen molar-refractivity contribution in [3.63, 3.8) is 0 Å². The number of ether oxygens (including phenoxy) is 3. The molecule has 6 nitrogen and oxygen atoms in total. The second kappa shape index (κ2) is 7.07. The quantitative estimate of drug-likeness (QED) is 0.612. The van der Waals surface area contributed by atoms with E-state index in [1.807, 2.05) is 0 Å². The van der Waals surface area contributed by atoms with E-state index < -0.39 is 23.3 Å². The Morgan fingerprint density at radius 2 is 1.67 bits per heavy atom. The van der Waals surface area contributed by atoms with Crippen LogP contribution in [0.15, 0.2) is 48.5 Å². The molecule has 1 unspecified atom stereocenters. The van der Waals surface area contributed by atoms with Crippen LogP contribution in [-0.2, 0) is 19.1 Å². The fourth-order valence-corrected chi connectivity index (χ4v) is 3.25. The normalized spacial score (nSPS) is 18.2. The van der Waals surface area contributed by atoms with Gasteiger partial charge in [-0.15, -0.1) is 0 Å². The molecule has 0 spiro atoms. The molecule has 0 heterocycles. The number of esters is 2. The smallest absolute Gasteiger partial charge is 0.363 e. The number of methoxy groups -OCH3 is 2. The van der Waals surface area contributed by atoms with Crippen LogP contribution in [0, 0.1) is 0 Å². The second-order valence-electron chi connectivity index (χ2n) is 5.94. The monoisotopic (exact) mass is 366 g/mol. The van der Waals surface area contributed by atoms with E-state index in [1.165, 1.54) is 7.11 Å². The summed E-state index contributed by atoms with van der Waals surface area (Å²) in [6.07, 6.45) is 1.65. The Balaban J connectivity index is 2.39. The zero-order chi connectivity index (χ0) is 19.6. The largest absolute Gasteiger partial charge is 0.496 e. The van der Waals surface area contributed by atoms with Crippen molar-refractivity contribution in [1.82, 2.24) is 0 Å². The summed E-state index contributed by atoms with van der Waals surface area (Å²) in [7, 11) is 2.56. The van der Waals surface area contributed by atoms with Crippen LogP contribution in [0.4, 0.5) is 0 Å². The average molecular weight is 366 g/mol. The van der Waals surface area contributed by atoms with Crippen molar-refractivity contribution in [2.24, 2.45) is 0 Å². The van der Waals surface area contributed by atoms with Gasteiger partial charge in [-0.25, -0.2) is 4.79 Å². The highest BCUT2D eigenvalue weighted by molar-refractivity contribution is 6.31. The predicted octanol–water partition coefficient (Wildman–Crippen LogP) is 2.91. The van der Waals surface area contributed by atoms with E-state index in [2.05, 4.69) is 0 Å². The Bertz CT molecular complexity index is 944. The van der Waals surface area contributed by atoms with Crippen molar-refractivity contribution in [1.29, 1.82) is 0 Å². The van der Waals surface area contributed by atoms with E-state index in [0.717, 1.165) is 14.0 Å². The van der Waals surface area contributed by atoms with Crippen molar-refractivity contribution in [2.45, 2.75) is 12.5 Å². The number of Topliss-reactive ketones (excluding diaryl/α,β-unsaturated/α-hetero) is 1. The van der Waals surface area contributed by atoms with Gasteiger partial charge in [-0.3, -0.25) is 9.59 Å². The molecular formula is C21H18O6. The third-order valence-corrected chi connectivity index (χ3v) is 4.36. The molecule has 0 bridgehead atoms. The number of carbonyl (C=O) groups excluding carboxylic acids is 3. The summed E-state index contributed by atoms with van der Waals surface area (Å²) < 4.78 is 15.6. The molecule has 2 aromatic rings. The summed E-state index contributed by atoms with van der Waals surface area (Å²) in [4.78, 5) is 38.3. The molecule has 2 aromatic carbocycles. The third kappa shape index (κ3) is 2.89. The average Bonchev–Trinajstić information content (AvgIpc) is 2.69. The molecule has 1 aliphatic carbocycles. The first kappa shape index (κ1) is 18.4. The molecule has 27 heavy (non-hydrogen) atoms. The second-order valence-corrected chi connectivity index (χ2v) is 5.94. The highest BCUT2D eigenvalue weighted by Gasteiger charge is 2.57. The predicted molar refractivity (Wildman–Crippen MR) is 98.2 cm³/mol. The van der Waals surface area contributed by atoms with Gasteiger partial charge in [0.05, 0.1) is 19.8 Å². The molecule has 3 rings (SSSR count). The SMILES string of the molecule is COC(=O)C1(OC(C)=O)C(=O)c2c(cccc2OC)C=C1c1ccccc1. The van der Waals surface area contributed by atoms with Gasteiger partial charge in [-0.05, 0) is 23.3 Å². The fraction of sp³-hybridized carbons (Fsp3) is 0.190. The first-order valence-corrected chi connectivity index (χ1v) is 8.23. The van der Waals surface area contributed by atoms with Crippen molar-refractivity contribution in [3.05, 3.63) is 65.2 Å². The number of hydrogen-bond donors (Lipinski definition) is 0. The van der Waals surface area contributed by atoms with Crippen LogP contribution in [0.3, 0.4) is 0 Å². The maximum absolute atomic E-state index is 13.5. The van der Waals surface area contributed by atoms with E-state index in [4.69, 9.17) is 14.2 Å². The van der Waals surface area contributed by atoms with Crippen molar-refractivity contribution >= 4 is 29.4 Å². The highest BCUT2D eigenvalue weighted by Crippen LogP contribution is 2.44. The van der Waals surface area contributed by atoms with Gasteiger partial charge in [0.25, 0.3) is 5.60 Å². The van der Waals surface area contributed by atoms with Crippen LogP contribution in [0.5, 0.6) is 5.75 Å². The number of hydrogen-bond acceptors (Lipinski definition) is 6. The zero-order valence-electron chi connectivity index (χ0n) is 15.1. The number of carbonyl (C=O) groups is 3. The van der Waals surface area contributed by atoms with Crippen molar-refractivity contribution < 1.29 is 28.6 Å². The van der Waals surface area contributed by atoms with Crippen molar-refractivity contribution in [2.75, 3.05) is 14.2 Å². The van der Waals surface area contributed by atoms with Crippen LogP contribution < -0.4 is 4.74 Å². The molecule has 0 aromatic heterocycles. The molecule has 0 saturated carbocycles. The Kier molecular flexibility index (Phi) is 4.81. The van der Waals surface area contributed by atoms with Gasteiger partial charge in [0.1, 0.15) is 5.75 Å². The minimum absolute atomic E-state index is 0.159. The lowest BCUT2D eigenvalue weighted by molar-refractivity contribution is -0.167. The van der Waals surface area contributed by atoms with E-state index in [0.29, 0.717) is 11.1 Å². The topological polar surface area (TPSA) is 78.9 Å². The number of benzene rings is 2. The number of fused-ring (bicyclic) bond motifs is 1. The molecule has 0 aliphatic heterocycles. The Labute approximate surface area is 156 Å². The molecule has 138 valence electrons. The zero-order valence-corrected chi connectivity index (χ0v) is 15.1. The summed E-state index contributed by atoms with van der Waals surface area (Å²) in [5, 5.41) is 0. The molecule has 0 amide bonds. The lowest BCUT2D eigenvalue weighted by Crippen LogP contribution is -2.53. The minimum atomic E-state index is -2.25. The van der Waals surface area contributed by atoms with Gasteiger partial charge in [-0.2, -0.15) is 0 Å². The number of ketones is 1. The molecule has 6 heteroatoms. The summed E-state index contributed by atoms with van der Waals surface area (Å²) in [6.45, 7) is 1.14. The lowest BCUT2D eigenvalue weighted by Gasteiger charge is -2.35. The Morgan fingerprint density at radius 3 is 2.26 bits per heavy atom. The summed E-state index contributed by atoms with van der Waals surface area (Å²) in [5.74, 6) is -2.19. The molecule has 1 aliphatic rings. The Morgan fingerprint density at radius 1 is 0.963 bits per heavy atom.